The summed E-state index contributed by atoms with van der Waals surface area (Å²) in [4.78, 5) is 53.7. The highest BCUT2D eigenvalue weighted by molar-refractivity contribution is 5.92. The second-order valence-electron chi connectivity index (χ2n) is 10.7. The molecular formula is C30H42N4O5. The van der Waals surface area contributed by atoms with E-state index in [1.807, 2.05) is 75.4 Å². The van der Waals surface area contributed by atoms with Crippen LogP contribution in [0.4, 0.5) is 4.79 Å². The molecule has 9 heteroatoms. The number of carbonyl (C=O) groups excluding carboxylic acids is 4. The highest BCUT2D eigenvalue weighted by Crippen LogP contribution is 2.27. The van der Waals surface area contributed by atoms with Crippen molar-refractivity contribution in [3.05, 3.63) is 71.3 Å². The molecule has 4 N–H and O–H groups in total. The molecule has 3 atom stereocenters. The zero-order valence-electron chi connectivity index (χ0n) is 23.8. The van der Waals surface area contributed by atoms with Crippen LogP contribution in [0.3, 0.4) is 0 Å². The van der Waals surface area contributed by atoms with E-state index in [2.05, 4.69) is 10.6 Å². The van der Waals surface area contributed by atoms with Crippen LogP contribution in [-0.4, -0.2) is 46.4 Å². The molecule has 0 fully saturated rings. The third-order valence-corrected chi connectivity index (χ3v) is 6.22. The van der Waals surface area contributed by atoms with Gasteiger partial charge in [0.2, 0.25) is 17.7 Å². The molecule has 2 aromatic carbocycles. The number of carbonyl (C=O) groups is 4. The van der Waals surface area contributed by atoms with Crippen LogP contribution in [0.25, 0.3) is 0 Å². The van der Waals surface area contributed by atoms with E-state index in [1.54, 1.807) is 20.8 Å². The number of nitrogens with two attached hydrogens (primary N) is 1. The topological polar surface area (TPSA) is 131 Å². The second kappa shape index (κ2) is 14.3. The molecule has 0 spiro atoms. The Kier molecular flexibility index (Phi) is 11.5. The van der Waals surface area contributed by atoms with Crippen molar-refractivity contribution in [2.24, 2.45) is 5.73 Å². The number of amides is 4. The van der Waals surface area contributed by atoms with Gasteiger partial charge < -0.3 is 26.0 Å². The molecule has 0 bridgehead atoms. The Bertz CT molecular complexity index is 1110. The van der Waals surface area contributed by atoms with Crippen LogP contribution in [0.15, 0.2) is 54.6 Å². The fourth-order valence-corrected chi connectivity index (χ4v) is 4.04. The Balaban J connectivity index is 2.49. The third kappa shape index (κ3) is 10.1. The molecule has 0 saturated carbocycles. The minimum Gasteiger partial charge on any atom is -0.444 e. The lowest BCUT2D eigenvalue weighted by Gasteiger charge is -2.38. The lowest BCUT2D eigenvalue weighted by molar-refractivity contribution is -0.145. The van der Waals surface area contributed by atoms with Crippen molar-refractivity contribution in [1.29, 1.82) is 0 Å². The van der Waals surface area contributed by atoms with E-state index >= 15 is 0 Å². The zero-order chi connectivity index (χ0) is 29.2. The number of rotatable bonds is 12. The van der Waals surface area contributed by atoms with E-state index in [-0.39, 0.29) is 31.3 Å². The summed E-state index contributed by atoms with van der Waals surface area (Å²) in [7, 11) is 0. The molecule has 4 amide bonds. The van der Waals surface area contributed by atoms with E-state index in [0.29, 0.717) is 12.0 Å². The molecule has 0 aliphatic heterocycles. The highest BCUT2D eigenvalue weighted by atomic mass is 16.6. The Labute approximate surface area is 231 Å². The van der Waals surface area contributed by atoms with Crippen LogP contribution in [0.1, 0.15) is 76.6 Å². The molecule has 3 unspecified atom stereocenters. The number of hydrogen-bond donors (Lipinski definition) is 3. The first-order valence-electron chi connectivity index (χ1n) is 13.3. The Morgan fingerprint density at radius 3 is 2.15 bits per heavy atom. The summed E-state index contributed by atoms with van der Waals surface area (Å²) in [5.74, 6) is -1.47. The maximum absolute atomic E-state index is 14.1. The van der Waals surface area contributed by atoms with Gasteiger partial charge in [0.15, 0.2) is 0 Å². The Morgan fingerprint density at radius 1 is 1.00 bits per heavy atom. The molecule has 2 rings (SSSR count). The summed E-state index contributed by atoms with van der Waals surface area (Å²) in [5.41, 5.74) is 7.14. The van der Waals surface area contributed by atoms with Gasteiger partial charge in [-0.1, -0.05) is 67.1 Å². The summed E-state index contributed by atoms with van der Waals surface area (Å²) in [5, 5.41) is 5.58. The standard InChI is InChI=1S/C30H42N4O5/c1-7-21(3)34(28(37)24(17-18-25(31)35)33-29(38)39-30(4,5)6)26(23-15-13-20(2)14-16-23)27(36)32-19-22-11-9-8-10-12-22/h8-16,21,24,26H,7,17-19H2,1-6H3,(H2,31,35)(H,32,36)(H,33,38). The van der Waals surface area contributed by atoms with Crippen LogP contribution in [0.5, 0.6) is 0 Å². The number of primary amides is 1. The van der Waals surface area contributed by atoms with Gasteiger partial charge in [-0.05, 0) is 58.6 Å². The summed E-state index contributed by atoms with van der Waals surface area (Å²) in [6.45, 7) is 11.1. The van der Waals surface area contributed by atoms with Gasteiger partial charge in [0.1, 0.15) is 17.7 Å². The molecule has 9 nitrogen and oxygen atoms in total. The largest absolute Gasteiger partial charge is 0.444 e. The normalized spacial score (nSPS) is 13.5. The minimum atomic E-state index is -1.13. The molecule has 0 saturated heterocycles. The molecule has 0 aliphatic rings. The third-order valence-electron chi connectivity index (χ3n) is 6.22. The molecule has 2 aromatic rings. The molecule has 0 aliphatic carbocycles. The summed E-state index contributed by atoms with van der Waals surface area (Å²) >= 11 is 0. The van der Waals surface area contributed by atoms with Crippen LogP contribution in [-0.2, 0) is 25.7 Å². The van der Waals surface area contributed by atoms with Crippen molar-refractivity contribution in [2.45, 2.75) is 91.1 Å². The summed E-state index contributed by atoms with van der Waals surface area (Å²) in [6.07, 6.45) is -0.410. The summed E-state index contributed by atoms with van der Waals surface area (Å²) < 4.78 is 5.37. The van der Waals surface area contributed by atoms with E-state index < -0.39 is 35.6 Å². The van der Waals surface area contributed by atoms with Gasteiger partial charge in [-0.25, -0.2) is 4.79 Å². The van der Waals surface area contributed by atoms with Gasteiger partial charge in [0.05, 0.1) is 0 Å². The number of aryl methyl sites for hydroxylation is 1. The van der Waals surface area contributed by atoms with Crippen molar-refractivity contribution < 1.29 is 23.9 Å². The number of alkyl carbamates (subject to hydrolysis) is 1. The highest BCUT2D eigenvalue weighted by Gasteiger charge is 2.38. The van der Waals surface area contributed by atoms with Gasteiger partial charge in [-0.15, -0.1) is 0 Å². The quantitative estimate of drug-likeness (QED) is 0.374. The van der Waals surface area contributed by atoms with Crippen LogP contribution in [0, 0.1) is 6.92 Å². The Hall–Kier alpha value is -3.88. The molecule has 39 heavy (non-hydrogen) atoms. The number of nitrogens with one attached hydrogen (secondary N) is 2. The lowest BCUT2D eigenvalue weighted by atomic mass is 9.98. The molecule has 0 radical (unpaired) electrons. The predicted octanol–water partition coefficient (Wildman–Crippen LogP) is 4.14. The minimum absolute atomic E-state index is 0.0351. The van der Waals surface area contributed by atoms with E-state index in [0.717, 1.165) is 11.1 Å². The fourth-order valence-electron chi connectivity index (χ4n) is 4.04. The van der Waals surface area contributed by atoms with Gasteiger partial charge in [-0.2, -0.15) is 0 Å². The molecule has 0 heterocycles. The van der Waals surface area contributed by atoms with E-state index in [4.69, 9.17) is 10.5 Å². The maximum Gasteiger partial charge on any atom is 0.408 e. The average Bonchev–Trinajstić information content (AvgIpc) is 2.87. The zero-order valence-corrected chi connectivity index (χ0v) is 23.8. The first-order valence-corrected chi connectivity index (χ1v) is 13.3. The van der Waals surface area contributed by atoms with E-state index in [9.17, 15) is 19.2 Å². The number of benzene rings is 2. The molecule has 0 aromatic heterocycles. The maximum atomic E-state index is 14.1. The van der Waals surface area contributed by atoms with Crippen molar-refractivity contribution in [3.63, 3.8) is 0 Å². The van der Waals surface area contributed by atoms with Crippen molar-refractivity contribution >= 4 is 23.8 Å². The smallest absolute Gasteiger partial charge is 0.408 e. The van der Waals surface area contributed by atoms with Crippen molar-refractivity contribution in [1.82, 2.24) is 15.5 Å². The predicted molar refractivity (Wildman–Crippen MR) is 150 cm³/mol. The first-order chi connectivity index (χ1) is 18.3. The number of ether oxygens (including phenoxy) is 1. The first kappa shape index (κ1) is 31.3. The average molecular weight is 539 g/mol. The van der Waals surface area contributed by atoms with Gasteiger partial charge in [-0.3, -0.25) is 14.4 Å². The van der Waals surface area contributed by atoms with Crippen LogP contribution in [0.2, 0.25) is 0 Å². The van der Waals surface area contributed by atoms with E-state index in [1.165, 1.54) is 4.90 Å². The van der Waals surface area contributed by atoms with Gasteiger partial charge >= 0.3 is 6.09 Å². The molecular weight excluding hydrogens is 496 g/mol. The van der Waals surface area contributed by atoms with Crippen LogP contribution < -0.4 is 16.4 Å². The Morgan fingerprint density at radius 2 is 1.62 bits per heavy atom. The monoisotopic (exact) mass is 538 g/mol. The van der Waals surface area contributed by atoms with Crippen molar-refractivity contribution in [2.75, 3.05) is 0 Å². The number of nitrogens with zero attached hydrogens (tertiary/aromatic N) is 1. The summed E-state index contributed by atoms with van der Waals surface area (Å²) in [6, 6.07) is 14.4. The lowest BCUT2D eigenvalue weighted by Crippen LogP contribution is -2.55. The van der Waals surface area contributed by atoms with Crippen LogP contribution >= 0.6 is 0 Å². The SMILES string of the molecule is CCC(C)N(C(=O)C(CCC(N)=O)NC(=O)OC(C)(C)C)C(C(=O)NCc1ccccc1)c1ccc(C)cc1. The molecule has 212 valence electrons. The van der Waals surface area contributed by atoms with Crippen molar-refractivity contribution in [3.8, 4) is 0 Å². The fraction of sp³-hybridized carbons (Fsp3) is 0.467. The second-order valence-corrected chi connectivity index (χ2v) is 10.7. The number of hydrogen-bond acceptors (Lipinski definition) is 5. The van der Waals surface area contributed by atoms with Gasteiger partial charge in [0, 0.05) is 19.0 Å². The van der Waals surface area contributed by atoms with Gasteiger partial charge in [0.25, 0.3) is 0 Å².